The Hall–Kier alpha value is -2.37. The van der Waals surface area contributed by atoms with Crippen molar-refractivity contribution in [1.29, 1.82) is 0 Å². The maximum atomic E-state index is 12.2. The van der Waals surface area contributed by atoms with Gasteiger partial charge in [0, 0.05) is 11.6 Å². The molecule has 20 heavy (non-hydrogen) atoms. The van der Waals surface area contributed by atoms with Crippen LogP contribution in [0, 0.1) is 13.8 Å². The zero-order valence-corrected chi connectivity index (χ0v) is 11.5. The van der Waals surface area contributed by atoms with Gasteiger partial charge in [0.25, 0.3) is 5.91 Å². The summed E-state index contributed by atoms with van der Waals surface area (Å²) in [6, 6.07) is 3.76. The fraction of sp³-hybridized carbons (Fsp3) is 0.357. The number of H-pyrrole nitrogens is 1. The minimum absolute atomic E-state index is 0.243. The molecular weight excluding hydrogens is 254 g/mol. The number of carbonyl (C=O) groups is 1. The van der Waals surface area contributed by atoms with E-state index in [0.717, 1.165) is 29.8 Å². The summed E-state index contributed by atoms with van der Waals surface area (Å²) in [6.07, 6.45) is 2.21. The van der Waals surface area contributed by atoms with Crippen LogP contribution in [0.2, 0.25) is 0 Å². The molecule has 1 aliphatic carbocycles. The third-order valence-electron chi connectivity index (χ3n) is 3.37. The molecule has 6 nitrogen and oxygen atoms in total. The summed E-state index contributed by atoms with van der Waals surface area (Å²) in [6.45, 7) is 3.84. The molecule has 6 heteroatoms. The second-order valence-electron chi connectivity index (χ2n) is 5.30. The summed E-state index contributed by atoms with van der Waals surface area (Å²) < 4.78 is 0. The molecule has 2 heterocycles. The fourth-order valence-corrected chi connectivity index (χ4v) is 2.30. The van der Waals surface area contributed by atoms with E-state index in [0.29, 0.717) is 17.4 Å². The first kappa shape index (κ1) is 12.7. The summed E-state index contributed by atoms with van der Waals surface area (Å²) in [5.74, 6) is 0.620. The maximum absolute atomic E-state index is 12.2. The van der Waals surface area contributed by atoms with Crippen molar-refractivity contribution >= 4 is 17.4 Å². The number of amides is 1. The van der Waals surface area contributed by atoms with E-state index in [2.05, 4.69) is 20.5 Å². The number of hydrogen-bond acceptors (Lipinski definition) is 4. The molecule has 0 bridgehead atoms. The van der Waals surface area contributed by atoms with Crippen LogP contribution in [0.3, 0.4) is 0 Å². The van der Waals surface area contributed by atoms with Gasteiger partial charge in [-0.2, -0.15) is 5.10 Å². The molecule has 0 aromatic carbocycles. The number of hydrogen-bond donors (Lipinski definition) is 3. The third kappa shape index (κ3) is 2.36. The van der Waals surface area contributed by atoms with Gasteiger partial charge >= 0.3 is 0 Å². The zero-order chi connectivity index (χ0) is 14.3. The van der Waals surface area contributed by atoms with E-state index >= 15 is 0 Å². The molecule has 2 aromatic heterocycles. The van der Waals surface area contributed by atoms with Crippen molar-refractivity contribution in [1.82, 2.24) is 15.2 Å². The molecule has 2 aromatic rings. The first-order valence-corrected chi connectivity index (χ1v) is 6.65. The number of aryl methyl sites for hydroxylation is 2. The van der Waals surface area contributed by atoms with Gasteiger partial charge in [0.15, 0.2) is 5.69 Å². The Morgan fingerprint density at radius 3 is 2.80 bits per heavy atom. The number of pyridine rings is 1. The van der Waals surface area contributed by atoms with Gasteiger partial charge in [0.1, 0.15) is 5.82 Å². The molecule has 1 fully saturated rings. The highest BCUT2D eigenvalue weighted by atomic mass is 16.2. The highest BCUT2D eigenvalue weighted by molar-refractivity contribution is 6.06. The van der Waals surface area contributed by atoms with E-state index in [1.165, 1.54) is 0 Å². The summed E-state index contributed by atoms with van der Waals surface area (Å²) >= 11 is 0. The average Bonchev–Trinajstić information content (AvgIpc) is 3.11. The lowest BCUT2D eigenvalue weighted by atomic mass is 10.2. The third-order valence-corrected chi connectivity index (χ3v) is 3.37. The Morgan fingerprint density at radius 1 is 1.40 bits per heavy atom. The van der Waals surface area contributed by atoms with Gasteiger partial charge in [-0.15, -0.1) is 0 Å². The van der Waals surface area contributed by atoms with E-state index in [1.54, 1.807) is 0 Å². The smallest absolute Gasteiger partial charge is 0.279 e. The Morgan fingerprint density at radius 2 is 2.15 bits per heavy atom. The molecule has 1 saturated carbocycles. The average molecular weight is 271 g/mol. The Labute approximate surface area is 116 Å². The molecule has 0 saturated heterocycles. The minimum Gasteiger partial charge on any atom is -0.395 e. The van der Waals surface area contributed by atoms with Crippen LogP contribution in [-0.2, 0) is 0 Å². The van der Waals surface area contributed by atoms with Gasteiger partial charge in [0.2, 0.25) is 0 Å². The number of nitrogens with zero attached hydrogens (tertiary/aromatic N) is 2. The molecule has 3 rings (SSSR count). The number of nitrogens with two attached hydrogens (primary N) is 1. The Balaban J connectivity index is 1.82. The van der Waals surface area contributed by atoms with Crippen LogP contribution < -0.4 is 11.1 Å². The topological polar surface area (TPSA) is 96.7 Å². The normalized spacial score (nSPS) is 14.3. The predicted molar refractivity (Wildman–Crippen MR) is 76.6 cm³/mol. The second-order valence-corrected chi connectivity index (χ2v) is 5.30. The fourth-order valence-electron chi connectivity index (χ4n) is 2.30. The Kier molecular flexibility index (Phi) is 2.93. The maximum Gasteiger partial charge on any atom is 0.279 e. The van der Waals surface area contributed by atoms with Crippen molar-refractivity contribution in [2.75, 3.05) is 11.1 Å². The van der Waals surface area contributed by atoms with Gasteiger partial charge < -0.3 is 11.1 Å². The van der Waals surface area contributed by atoms with Crippen LogP contribution in [0.25, 0.3) is 0 Å². The van der Waals surface area contributed by atoms with Crippen molar-refractivity contribution in [2.24, 2.45) is 0 Å². The molecule has 0 radical (unpaired) electrons. The molecule has 0 atom stereocenters. The molecule has 0 aliphatic heterocycles. The van der Waals surface area contributed by atoms with Crippen LogP contribution in [0.15, 0.2) is 12.1 Å². The molecule has 1 amide bonds. The lowest BCUT2D eigenvalue weighted by Crippen LogP contribution is -2.15. The second kappa shape index (κ2) is 4.63. The summed E-state index contributed by atoms with van der Waals surface area (Å²) in [4.78, 5) is 16.5. The van der Waals surface area contributed by atoms with E-state index in [-0.39, 0.29) is 11.6 Å². The van der Waals surface area contributed by atoms with Gasteiger partial charge in [-0.25, -0.2) is 4.98 Å². The molecular formula is C14H17N5O. The molecule has 4 N–H and O–H groups in total. The Bertz CT molecular complexity index is 652. The number of aromatic amines is 1. The zero-order valence-electron chi connectivity index (χ0n) is 11.5. The lowest BCUT2D eigenvalue weighted by Gasteiger charge is -2.05. The van der Waals surface area contributed by atoms with Crippen LogP contribution in [0.1, 0.15) is 46.2 Å². The van der Waals surface area contributed by atoms with Crippen LogP contribution in [-0.4, -0.2) is 21.1 Å². The molecule has 0 unspecified atom stereocenters. The highest BCUT2D eigenvalue weighted by Gasteiger charge is 2.30. The quantitative estimate of drug-likeness (QED) is 0.796. The number of nitrogens with one attached hydrogen (secondary N) is 2. The standard InChI is InChI=1S/C14H17N5O/c1-7-5-8(2)16-10(6-7)17-14(20)13-11(15)12(18-19-13)9-3-4-9/h5-6,9H,3-4,15H2,1-2H3,(H,18,19)(H,16,17,20). The van der Waals surface area contributed by atoms with Gasteiger partial charge in [-0.1, -0.05) is 0 Å². The summed E-state index contributed by atoms with van der Waals surface area (Å²) in [5.41, 5.74) is 9.46. The van der Waals surface area contributed by atoms with E-state index in [1.807, 2.05) is 26.0 Å². The monoisotopic (exact) mass is 271 g/mol. The summed E-state index contributed by atoms with van der Waals surface area (Å²) in [7, 11) is 0. The predicted octanol–water partition coefficient (Wildman–Crippen LogP) is 2.13. The first-order chi connectivity index (χ1) is 9.54. The minimum atomic E-state index is -0.330. The van der Waals surface area contributed by atoms with Crippen molar-refractivity contribution < 1.29 is 4.79 Å². The van der Waals surface area contributed by atoms with Gasteiger partial charge in [-0.3, -0.25) is 9.89 Å². The highest BCUT2D eigenvalue weighted by Crippen LogP contribution is 2.42. The first-order valence-electron chi connectivity index (χ1n) is 6.65. The molecule has 1 aliphatic rings. The van der Waals surface area contributed by atoms with Crippen molar-refractivity contribution in [3.05, 3.63) is 34.8 Å². The van der Waals surface area contributed by atoms with Crippen LogP contribution in [0.4, 0.5) is 11.5 Å². The van der Waals surface area contributed by atoms with Crippen LogP contribution in [0.5, 0.6) is 0 Å². The largest absolute Gasteiger partial charge is 0.395 e. The van der Waals surface area contributed by atoms with Crippen molar-refractivity contribution in [2.45, 2.75) is 32.6 Å². The van der Waals surface area contributed by atoms with Gasteiger partial charge in [-0.05, 0) is 44.4 Å². The lowest BCUT2D eigenvalue weighted by molar-refractivity contribution is 0.102. The number of nitrogen functional groups attached to an aromatic ring is 1. The number of aromatic nitrogens is 3. The van der Waals surface area contributed by atoms with Gasteiger partial charge in [0.05, 0.1) is 11.4 Å². The van der Waals surface area contributed by atoms with Crippen molar-refractivity contribution in [3.8, 4) is 0 Å². The van der Waals surface area contributed by atoms with Crippen LogP contribution >= 0.6 is 0 Å². The number of anilines is 2. The van der Waals surface area contributed by atoms with E-state index < -0.39 is 0 Å². The van der Waals surface area contributed by atoms with E-state index in [4.69, 9.17) is 5.73 Å². The summed E-state index contributed by atoms with van der Waals surface area (Å²) in [5, 5.41) is 9.64. The van der Waals surface area contributed by atoms with E-state index in [9.17, 15) is 4.79 Å². The van der Waals surface area contributed by atoms with Crippen molar-refractivity contribution in [3.63, 3.8) is 0 Å². The number of rotatable bonds is 3. The molecule has 104 valence electrons. The molecule has 0 spiro atoms. The number of carbonyl (C=O) groups excluding carboxylic acids is 1. The SMILES string of the molecule is Cc1cc(C)nc(NC(=O)c2n[nH]c(C3CC3)c2N)c1.